The average Bonchev–Trinajstić information content (AvgIpc) is 2.40. The first-order chi connectivity index (χ1) is 10.2. The fraction of sp³-hybridized carbons (Fsp3) is 0.500. The van der Waals surface area contributed by atoms with E-state index in [0.717, 1.165) is 11.3 Å². The van der Waals surface area contributed by atoms with Crippen LogP contribution >= 0.6 is 0 Å². The van der Waals surface area contributed by atoms with E-state index in [1.807, 2.05) is 19.1 Å². The van der Waals surface area contributed by atoms with Gasteiger partial charge in [-0.15, -0.1) is 0 Å². The molecule has 6 heteroatoms. The molecule has 1 heterocycles. The topological polar surface area (TPSA) is 75.9 Å². The minimum Gasteiger partial charge on any atom is -0.444 e. The third-order valence-corrected chi connectivity index (χ3v) is 3.44. The number of carbonyl (C=O) groups is 2. The third-order valence-electron chi connectivity index (χ3n) is 3.44. The van der Waals surface area contributed by atoms with Gasteiger partial charge in [-0.3, -0.25) is 9.69 Å². The van der Waals surface area contributed by atoms with E-state index in [2.05, 4.69) is 0 Å². The summed E-state index contributed by atoms with van der Waals surface area (Å²) in [7, 11) is 0. The number of amides is 2. The Morgan fingerprint density at radius 2 is 1.95 bits per heavy atom. The van der Waals surface area contributed by atoms with Crippen molar-refractivity contribution in [3.8, 4) is 0 Å². The van der Waals surface area contributed by atoms with Crippen molar-refractivity contribution in [2.45, 2.75) is 33.3 Å². The first kappa shape index (κ1) is 16.1. The zero-order valence-corrected chi connectivity index (χ0v) is 13.5. The van der Waals surface area contributed by atoms with Gasteiger partial charge in [-0.1, -0.05) is 0 Å². The summed E-state index contributed by atoms with van der Waals surface area (Å²) < 4.78 is 5.30. The van der Waals surface area contributed by atoms with Gasteiger partial charge in [-0.2, -0.15) is 0 Å². The van der Waals surface area contributed by atoms with Gasteiger partial charge in [-0.25, -0.2) is 4.79 Å². The normalized spacial score (nSPS) is 15.9. The fourth-order valence-corrected chi connectivity index (χ4v) is 2.26. The number of benzene rings is 1. The average molecular weight is 305 g/mol. The largest absolute Gasteiger partial charge is 0.444 e. The van der Waals surface area contributed by atoms with Gasteiger partial charge in [0.05, 0.1) is 0 Å². The molecule has 0 unspecified atom stereocenters. The zero-order valence-electron chi connectivity index (χ0n) is 13.5. The van der Waals surface area contributed by atoms with E-state index in [4.69, 9.17) is 10.5 Å². The Bertz CT molecular complexity index is 593. The number of carbonyl (C=O) groups excluding carboxylic acids is 2. The molecular formula is C16H23N3O3. The Morgan fingerprint density at radius 3 is 2.50 bits per heavy atom. The summed E-state index contributed by atoms with van der Waals surface area (Å²) in [5.41, 5.74) is 7.67. The molecule has 0 bridgehead atoms. The molecule has 1 aromatic rings. The smallest absolute Gasteiger partial charge is 0.410 e. The van der Waals surface area contributed by atoms with Gasteiger partial charge in [0, 0.05) is 24.5 Å². The van der Waals surface area contributed by atoms with Crippen molar-refractivity contribution < 1.29 is 14.3 Å². The van der Waals surface area contributed by atoms with Gasteiger partial charge in [-0.05, 0) is 51.5 Å². The third kappa shape index (κ3) is 3.69. The molecule has 0 aromatic heterocycles. The predicted octanol–water partition coefficient (Wildman–Crippen LogP) is 2.16. The summed E-state index contributed by atoms with van der Waals surface area (Å²) in [5.74, 6) is -0.124. The van der Waals surface area contributed by atoms with Crippen LogP contribution in [0.4, 0.5) is 16.2 Å². The lowest BCUT2D eigenvalue weighted by atomic mass is 10.1. The van der Waals surface area contributed by atoms with E-state index < -0.39 is 11.7 Å². The van der Waals surface area contributed by atoms with Gasteiger partial charge in [0.1, 0.15) is 12.1 Å². The van der Waals surface area contributed by atoms with Crippen LogP contribution in [0.1, 0.15) is 26.3 Å². The van der Waals surface area contributed by atoms with Crippen LogP contribution in [0, 0.1) is 6.92 Å². The summed E-state index contributed by atoms with van der Waals surface area (Å²) in [6, 6.07) is 5.50. The van der Waals surface area contributed by atoms with Crippen molar-refractivity contribution in [2.24, 2.45) is 0 Å². The van der Waals surface area contributed by atoms with E-state index in [1.165, 1.54) is 4.90 Å². The predicted molar refractivity (Wildman–Crippen MR) is 85.8 cm³/mol. The first-order valence-corrected chi connectivity index (χ1v) is 7.32. The van der Waals surface area contributed by atoms with E-state index in [1.54, 1.807) is 31.7 Å². The molecule has 0 atom stereocenters. The van der Waals surface area contributed by atoms with Crippen LogP contribution in [-0.2, 0) is 9.53 Å². The molecule has 120 valence electrons. The molecule has 0 saturated carbocycles. The molecule has 0 spiro atoms. The van der Waals surface area contributed by atoms with Crippen molar-refractivity contribution in [3.63, 3.8) is 0 Å². The van der Waals surface area contributed by atoms with Crippen LogP contribution in [0.3, 0.4) is 0 Å². The number of aryl methyl sites for hydroxylation is 1. The Kier molecular flexibility index (Phi) is 4.30. The summed E-state index contributed by atoms with van der Waals surface area (Å²) in [6.45, 7) is 8.24. The lowest BCUT2D eigenvalue weighted by molar-refractivity contribution is -0.121. The number of ether oxygens (including phenoxy) is 1. The molecule has 2 N–H and O–H groups in total. The lowest BCUT2D eigenvalue weighted by Gasteiger charge is -2.35. The van der Waals surface area contributed by atoms with Crippen molar-refractivity contribution in [1.29, 1.82) is 0 Å². The highest BCUT2D eigenvalue weighted by molar-refractivity contribution is 5.97. The minimum absolute atomic E-state index is 0.0261. The van der Waals surface area contributed by atoms with Gasteiger partial charge in [0.15, 0.2) is 0 Å². The molecule has 1 fully saturated rings. The van der Waals surface area contributed by atoms with Crippen LogP contribution in [0.5, 0.6) is 0 Å². The molecule has 22 heavy (non-hydrogen) atoms. The highest BCUT2D eigenvalue weighted by atomic mass is 16.6. The number of rotatable bonds is 1. The molecule has 6 nitrogen and oxygen atoms in total. The van der Waals surface area contributed by atoms with Crippen LogP contribution in [0.2, 0.25) is 0 Å². The second kappa shape index (κ2) is 5.87. The first-order valence-electron chi connectivity index (χ1n) is 7.32. The molecule has 1 aromatic carbocycles. The van der Waals surface area contributed by atoms with Gasteiger partial charge >= 0.3 is 6.09 Å². The Balaban J connectivity index is 2.05. The number of nitrogen functional groups attached to an aromatic ring is 1. The summed E-state index contributed by atoms with van der Waals surface area (Å²) >= 11 is 0. The van der Waals surface area contributed by atoms with Crippen molar-refractivity contribution >= 4 is 23.4 Å². The number of hydrogen-bond acceptors (Lipinski definition) is 4. The van der Waals surface area contributed by atoms with E-state index >= 15 is 0 Å². The monoisotopic (exact) mass is 305 g/mol. The maximum absolute atomic E-state index is 12.3. The maximum atomic E-state index is 12.3. The standard InChI is InChI=1S/C16H23N3O3/c1-11-9-12(5-6-13(11)17)19-8-7-18(10-14(19)20)15(21)22-16(2,3)4/h5-6,9H,7-8,10,17H2,1-4H3. The van der Waals surface area contributed by atoms with Crippen LogP contribution in [-0.4, -0.2) is 42.1 Å². The quantitative estimate of drug-likeness (QED) is 0.807. The highest BCUT2D eigenvalue weighted by Crippen LogP contribution is 2.23. The van der Waals surface area contributed by atoms with E-state index in [9.17, 15) is 9.59 Å². The molecule has 1 aliphatic rings. The summed E-state index contributed by atoms with van der Waals surface area (Å²) in [6.07, 6.45) is -0.450. The van der Waals surface area contributed by atoms with Crippen molar-refractivity contribution in [2.75, 3.05) is 30.3 Å². The van der Waals surface area contributed by atoms with E-state index in [-0.39, 0.29) is 12.5 Å². The highest BCUT2D eigenvalue weighted by Gasteiger charge is 2.30. The maximum Gasteiger partial charge on any atom is 0.410 e. The summed E-state index contributed by atoms with van der Waals surface area (Å²) in [4.78, 5) is 27.4. The fourth-order valence-electron chi connectivity index (χ4n) is 2.26. The second-order valence-electron chi connectivity index (χ2n) is 6.49. The van der Waals surface area contributed by atoms with E-state index in [0.29, 0.717) is 18.8 Å². The summed E-state index contributed by atoms with van der Waals surface area (Å²) in [5, 5.41) is 0. The number of hydrogen-bond donors (Lipinski definition) is 1. The molecule has 0 aliphatic carbocycles. The van der Waals surface area contributed by atoms with Crippen LogP contribution < -0.4 is 10.6 Å². The molecule has 1 saturated heterocycles. The minimum atomic E-state index is -0.564. The SMILES string of the molecule is Cc1cc(N2CCN(C(=O)OC(C)(C)C)CC2=O)ccc1N. The molecule has 2 rings (SSSR count). The van der Waals surface area contributed by atoms with Crippen molar-refractivity contribution in [1.82, 2.24) is 4.90 Å². The zero-order chi connectivity index (χ0) is 16.5. The molecule has 2 amide bonds. The number of nitrogens with two attached hydrogens (primary N) is 1. The number of nitrogens with zero attached hydrogens (tertiary/aromatic N) is 2. The van der Waals surface area contributed by atoms with Crippen LogP contribution in [0.15, 0.2) is 18.2 Å². The van der Waals surface area contributed by atoms with Crippen molar-refractivity contribution in [3.05, 3.63) is 23.8 Å². The van der Waals surface area contributed by atoms with Crippen LogP contribution in [0.25, 0.3) is 0 Å². The number of piperazine rings is 1. The molecule has 1 aliphatic heterocycles. The number of anilines is 2. The lowest BCUT2D eigenvalue weighted by Crippen LogP contribution is -2.53. The Morgan fingerprint density at radius 1 is 1.27 bits per heavy atom. The second-order valence-corrected chi connectivity index (χ2v) is 6.49. The van der Waals surface area contributed by atoms with Gasteiger partial charge in [0.2, 0.25) is 5.91 Å². The Hall–Kier alpha value is -2.24. The van der Waals surface area contributed by atoms with Gasteiger partial charge in [0.25, 0.3) is 0 Å². The molecular weight excluding hydrogens is 282 g/mol. The molecule has 0 radical (unpaired) electrons. The Labute approximate surface area is 130 Å². The van der Waals surface area contributed by atoms with Gasteiger partial charge < -0.3 is 15.4 Å².